The van der Waals surface area contributed by atoms with Gasteiger partial charge in [0, 0.05) is 39.2 Å². The molecule has 0 spiro atoms. The monoisotopic (exact) mass is 592 g/mol. The van der Waals surface area contributed by atoms with Crippen LogP contribution >= 0.6 is 0 Å². The zero-order chi connectivity index (χ0) is 31.1. The fourth-order valence-corrected chi connectivity index (χ4v) is 6.64. The maximum atomic E-state index is 5.15. The van der Waals surface area contributed by atoms with Crippen LogP contribution in [0.1, 0.15) is 25.0 Å². The highest BCUT2D eigenvalue weighted by molar-refractivity contribution is 5.91. The highest BCUT2D eigenvalue weighted by atomic mass is 15.1. The molecule has 0 unspecified atom stereocenters. The van der Waals surface area contributed by atoms with Crippen LogP contribution in [0.2, 0.25) is 0 Å². The molecular weight excluding hydrogens is 560 g/mol. The molecule has 0 aliphatic heterocycles. The van der Waals surface area contributed by atoms with Crippen LogP contribution in [-0.4, -0.2) is 15.0 Å². The first-order valence-electron chi connectivity index (χ1n) is 15.6. The van der Waals surface area contributed by atoms with Crippen molar-refractivity contribution in [1.29, 1.82) is 0 Å². The van der Waals surface area contributed by atoms with Crippen LogP contribution in [0, 0.1) is 0 Å². The molecule has 4 nitrogen and oxygen atoms in total. The normalized spacial score (nSPS) is 12.7. The minimum Gasteiger partial charge on any atom is -0.311 e. The Morgan fingerprint density at radius 2 is 0.848 bits per heavy atom. The lowest BCUT2D eigenvalue weighted by Crippen LogP contribution is -2.14. The maximum Gasteiger partial charge on any atom is 0.164 e. The second kappa shape index (κ2) is 11.2. The number of fused-ring (bicyclic) bond motifs is 3. The summed E-state index contributed by atoms with van der Waals surface area (Å²) >= 11 is 0. The van der Waals surface area contributed by atoms with Crippen molar-refractivity contribution in [3.8, 4) is 45.3 Å². The van der Waals surface area contributed by atoms with E-state index in [1.807, 2.05) is 30.3 Å². The van der Waals surface area contributed by atoms with E-state index in [-0.39, 0.29) is 5.41 Å². The van der Waals surface area contributed by atoms with E-state index < -0.39 is 0 Å². The van der Waals surface area contributed by atoms with Crippen molar-refractivity contribution in [2.45, 2.75) is 19.3 Å². The lowest BCUT2D eigenvalue weighted by Gasteiger charge is -2.25. The summed E-state index contributed by atoms with van der Waals surface area (Å²) in [5.74, 6) is 1.97. The van der Waals surface area contributed by atoms with E-state index in [1.54, 1.807) is 0 Å². The molecule has 1 heterocycles. The van der Waals surface area contributed by atoms with Gasteiger partial charge < -0.3 is 4.90 Å². The number of aromatic nitrogens is 3. The van der Waals surface area contributed by atoms with Gasteiger partial charge in [0.05, 0.1) is 0 Å². The van der Waals surface area contributed by atoms with Crippen LogP contribution < -0.4 is 4.90 Å². The molecule has 8 rings (SSSR count). The van der Waals surface area contributed by atoms with Gasteiger partial charge in [-0.2, -0.15) is 0 Å². The lowest BCUT2D eigenvalue weighted by atomic mass is 9.82. The summed E-state index contributed by atoms with van der Waals surface area (Å²) in [5.41, 5.74) is 11.1. The number of hydrogen-bond donors (Lipinski definition) is 0. The Hall–Kier alpha value is -5.87. The van der Waals surface area contributed by atoms with Gasteiger partial charge in [-0.3, -0.25) is 0 Å². The number of anilines is 3. The van der Waals surface area contributed by atoms with Crippen molar-refractivity contribution in [1.82, 2.24) is 15.0 Å². The van der Waals surface area contributed by atoms with Crippen LogP contribution in [0.4, 0.5) is 17.1 Å². The number of rotatable bonds is 6. The summed E-state index contributed by atoms with van der Waals surface area (Å²) in [4.78, 5) is 17.5. The van der Waals surface area contributed by atoms with Crippen molar-refractivity contribution in [2.75, 3.05) is 4.90 Å². The van der Waals surface area contributed by atoms with Crippen LogP contribution in [-0.2, 0) is 5.41 Å². The first-order chi connectivity index (χ1) is 22.6. The first kappa shape index (κ1) is 27.7. The van der Waals surface area contributed by atoms with E-state index in [9.17, 15) is 0 Å². The minimum atomic E-state index is -0.112. The molecular formula is C42H32N4. The van der Waals surface area contributed by atoms with Crippen LogP contribution in [0.25, 0.3) is 45.3 Å². The predicted octanol–water partition coefficient (Wildman–Crippen LogP) is 10.6. The van der Waals surface area contributed by atoms with Crippen molar-refractivity contribution >= 4 is 17.1 Å². The summed E-state index contributed by atoms with van der Waals surface area (Å²) in [6.45, 7) is 4.59. The first-order valence-corrected chi connectivity index (χ1v) is 15.6. The van der Waals surface area contributed by atoms with Gasteiger partial charge in [-0.05, 0) is 70.8 Å². The molecule has 0 saturated carbocycles. The third-order valence-electron chi connectivity index (χ3n) is 8.93. The second-order valence-electron chi connectivity index (χ2n) is 12.1. The zero-order valence-corrected chi connectivity index (χ0v) is 25.8. The summed E-state index contributed by atoms with van der Waals surface area (Å²) in [5, 5.41) is 0. The maximum absolute atomic E-state index is 5.15. The molecule has 1 aromatic heterocycles. The smallest absolute Gasteiger partial charge is 0.164 e. The predicted molar refractivity (Wildman–Crippen MR) is 188 cm³/mol. The molecule has 4 heteroatoms. The largest absolute Gasteiger partial charge is 0.311 e. The van der Waals surface area contributed by atoms with E-state index in [2.05, 4.69) is 146 Å². The van der Waals surface area contributed by atoms with Crippen molar-refractivity contribution < 1.29 is 0 Å². The Bertz CT molecular complexity index is 2120. The molecule has 46 heavy (non-hydrogen) atoms. The van der Waals surface area contributed by atoms with Gasteiger partial charge in [0.1, 0.15) is 0 Å². The summed E-state index contributed by atoms with van der Waals surface area (Å²) in [7, 11) is 0. The average molecular weight is 593 g/mol. The molecule has 7 aromatic rings. The third kappa shape index (κ3) is 4.76. The van der Waals surface area contributed by atoms with Crippen LogP contribution in [0.3, 0.4) is 0 Å². The molecule has 220 valence electrons. The summed E-state index contributed by atoms with van der Waals surface area (Å²) in [6, 6.07) is 54.7. The van der Waals surface area contributed by atoms with Gasteiger partial charge >= 0.3 is 0 Å². The number of para-hydroxylation sites is 2. The molecule has 6 aromatic carbocycles. The second-order valence-corrected chi connectivity index (χ2v) is 12.1. The average Bonchev–Trinajstić information content (AvgIpc) is 3.36. The van der Waals surface area contributed by atoms with Crippen molar-refractivity contribution in [3.63, 3.8) is 0 Å². The molecule has 0 amide bonds. The highest BCUT2D eigenvalue weighted by Crippen LogP contribution is 2.51. The minimum absolute atomic E-state index is 0.112. The van der Waals surface area contributed by atoms with Crippen LogP contribution in [0.15, 0.2) is 158 Å². The summed E-state index contributed by atoms with van der Waals surface area (Å²) in [6.07, 6.45) is 0. The molecule has 0 saturated heterocycles. The molecule has 0 radical (unpaired) electrons. The van der Waals surface area contributed by atoms with Gasteiger partial charge in [-0.15, -0.1) is 0 Å². The van der Waals surface area contributed by atoms with E-state index >= 15 is 0 Å². The highest BCUT2D eigenvalue weighted by Gasteiger charge is 2.37. The van der Waals surface area contributed by atoms with Gasteiger partial charge in [0.15, 0.2) is 17.5 Å². The molecule has 0 bridgehead atoms. The van der Waals surface area contributed by atoms with E-state index in [4.69, 9.17) is 15.0 Å². The SMILES string of the molecule is CC1(C)c2ccccc2-c2c(-c3nc(-c4ccccc4)nc(-c4ccc(N(c5ccccc5)c5ccccc5)cc4)n3)cccc21. The van der Waals surface area contributed by atoms with Gasteiger partial charge in [0.25, 0.3) is 0 Å². The van der Waals surface area contributed by atoms with Crippen LogP contribution in [0.5, 0.6) is 0 Å². The lowest BCUT2D eigenvalue weighted by molar-refractivity contribution is 0.660. The number of benzene rings is 6. The van der Waals surface area contributed by atoms with Gasteiger partial charge in [-0.25, -0.2) is 15.0 Å². The fraction of sp³-hybridized carbons (Fsp3) is 0.0714. The standard InChI is InChI=1S/C42H32N4/c1-42(2)36-23-13-12-21-34(36)38-35(22-14-24-37(38)42)41-44-39(29-15-6-3-7-16-29)43-40(45-41)30-25-27-33(28-26-30)46(31-17-8-4-9-18-31)32-19-10-5-11-20-32/h3-28H,1-2H3. The fourth-order valence-electron chi connectivity index (χ4n) is 6.64. The van der Waals surface area contributed by atoms with E-state index in [0.717, 1.165) is 33.8 Å². The Morgan fingerprint density at radius 1 is 0.391 bits per heavy atom. The summed E-state index contributed by atoms with van der Waals surface area (Å²) < 4.78 is 0. The molecule has 1 aliphatic carbocycles. The topological polar surface area (TPSA) is 41.9 Å². The molecule has 0 atom stereocenters. The van der Waals surface area contributed by atoms with E-state index in [0.29, 0.717) is 17.5 Å². The zero-order valence-electron chi connectivity index (χ0n) is 25.8. The Balaban J connectivity index is 1.27. The number of hydrogen-bond acceptors (Lipinski definition) is 4. The quantitative estimate of drug-likeness (QED) is 0.193. The Labute approximate surface area is 269 Å². The van der Waals surface area contributed by atoms with E-state index in [1.165, 1.54) is 22.3 Å². The Morgan fingerprint density at radius 3 is 1.48 bits per heavy atom. The number of nitrogens with zero attached hydrogens (tertiary/aromatic N) is 4. The van der Waals surface area contributed by atoms with Crippen molar-refractivity contribution in [2.24, 2.45) is 0 Å². The van der Waals surface area contributed by atoms with Gasteiger partial charge in [-0.1, -0.05) is 123 Å². The van der Waals surface area contributed by atoms with Gasteiger partial charge in [0.2, 0.25) is 0 Å². The molecule has 0 N–H and O–H groups in total. The molecule has 1 aliphatic rings. The Kier molecular flexibility index (Phi) is 6.76. The molecule has 0 fully saturated rings. The third-order valence-corrected chi connectivity index (χ3v) is 8.93. The van der Waals surface area contributed by atoms with Crippen molar-refractivity contribution in [3.05, 3.63) is 169 Å².